The predicted molar refractivity (Wildman–Crippen MR) is 245 cm³/mol. The van der Waals surface area contributed by atoms with E-state index in [4.69, 9.17) is 0 Å². The molecule has 3 nitrogen and oxygen atoms in total. The van der Waals surface area contributed by atoms with Gasteiger partial charge in [0.2, 0.25) is 9.84 Å². The summed E-state index contributed by atoms with van der Waals surface area (Å²) < 4.78 is 31.4. The molecule has 280 valence electrons. The van der Waals surface area contributed by atoms with Crippen LogP contribution in [-0.4, -0.2) is 21.1 Å². The Morgan fingerprint density at radius 3 is 1.66 bits per heavy atom. The number of fused-ring (bicyclic) bond motifs is 8. The topological polar surface area (TPSA) is 39.1 Å². The minimum absolute atomic E-state index is 0.416. The molecule has 12 rings (SSSR count). The second kappa shape index (κ2) is 12.9. The number of benzene rings is 9. The summed E-state index contributed by atoms with van der Waals surface area (Å²) in [5.41, 5.74) is 11.1. The quantitative estimate of drug-likeness (QED) is 0.167. The molecule has 1 aliphatic heterocycles. The molecule has 0 unspecified atom stereocenters. The Morgan fingerprint density at radius 1 is 0.407 bits per heavy atom. The summed E-state index contributed by atoms with van der Waals surface area (Å²) >= 11 is 0. The van der Waals surface area contributed by atoms with Crippen LogP contribution >= 0.6 is 0 Å². The first-order valence-electron chi connectivity index (χ1n) is 20.2. The third kappa shape index (κ3) is 5.02. The van der Waals surface area contributed by atoms with Crippen LogP contribution in [0, 0.1) is 0 Å². The van der Waals surface area contributed by atoms with Crippen molar-refractivity contribution in [3.63, 3.8) is 0 Å². The van der Waals surface area contributed by atoms with Gasteiger partial charge in [-0.05, 0) is 114 Å². The van der Waals surface area contributed by atoms with E-state index in [0.717, 1.165) is 34.3 Å². The van der Waals surface area contributed by atoms with E-state index in [1.54, 1.807) is 6.07 Å². The summed E-state index contributed by atoms with van der Waals surface area (Å²) in [4.78, 5) is 0.835. The van der Waals surface area contributed by atoms with E-state index >= 15 is 0 Å². The molecule has 0 spiro atoms. The van der Waals surface area contributed by atoms with Gasteiger partial charge < -0.3 is 4.57 Å². The van der Waals surface area contributed by atoms with Crippen LogP contribution in [0.4, 0.5) is 0 Å². The lowest BCUT2D eigenvalue weighted by Gasteiger charge is -2.40. The molecule has 0 fully saturated rings. The maximum Gasteiger partial charge on any atom is 0.206 e. The Hall–Kier alpha value is -6.79. The van der Waals surface area contributed by atoms with Gasteiger partial charge in [0.15, 0.2) is 8.07 Å². The van der Waals surface area contributed by atoms with Crippen molar-refractivity contribution in [2.75, 3.05) is 0 Å². The van der Waals surface area contributed by atoms with Gasteiger partial charge in [0, 0.05) is 16.5 Å². The van der Waals surface area contributed by atoms with Crippen LogP contribution in [0.15, 0.2) is 210 Å². The van der Waals surface area contributed by atoms with E-state index in [0.29, 0.717) is 9.79 Å². The van der Waals surface area contributed by atoms with Gasteiger partial charge in [-0.1, -0.05) is 164 Å². The van der Waals surface area contributed by atoms with Gasteiger partial charge in [0.1, 0.15) is 0 Å². The van der Waals surface area contributed by atoms with E-state index < -0.39 is 17.9 Å². The zero-order valence-electron chi connectivity index (χ0n) is 32.1. The van der Waals surface area contributed by atoms with E-state index in [-0.39, 0.29) is 0 Å². The van der Waals surface area contributed by atoms with Crippen molar-refractivity contribution in [2.24, 2.45) is 0 Å². The Labute approximate surface area is 344 Å². The van der Waals surface area contributed by atoms with E-state index in [9.17, 15) is 8.42 Å². The van der Waals surface area contributed by atoms with Gasteiger partial charge in [-0.3, -0.25) is 0 Å². The first kappa shape index (κ1) is 34.3. The number of para-hydroxylation sites is 2. The number of nitrogens with zero attached hydrogens (tertiary/aromatic N) is 1. The lowest BCUT2D eigenvalue weighted by molar-refractivity contribution is 0.597. The average Bonchev–Trinajstić information content (AvgIpc) is 3.62. The Morgan fingerprint density at radius 2 is 0.949 bits per heavy atom. The zero-order chi connectivity index (χ0) is 39.3. The van der Waals surface area contributed by atoms with Crippen molar-refractivity contribution in [1.82, 2.24) is 4.57 Å². The fourth-order valence-electron chi connectivity index (χ4n) is 10.3. The molecule has 9 aromatic carbocycles. The normalized spacial score (nSPS) is 14.7. The average molecular weight is 792 g/mol. The second-order valence-electron chi connectivity index (χ2n) is 16.1. The molecule has 2 aliphatic rings. The summed E-state index contributed by atoms with van der Waals surface area (Å²) in [6.07, 6.45) is 1.72. The summed E-state index contributed by atoms with van der Waals surface area (Å²) in [6.45, 7) is 0. The fourth-order valence-corrected chi connectivity index (χ4v) is 18.3. The Balaban J connectivity index is 0.961. The molecule has 2 heterocycles. The molecule has 1 aliphatic carbocycles. The summed E-state index contributed by atoms with van der Waals surface area (Å²) in [5, 5.41) is 9.20. The van der Waals surface area contributed by atoms with Crippen LogP contribution in [0.3, 0.4) is 0 Å². The molecule has 0 saturated heterocycles. The van der Waals surface area contributed by atoms with Crippen molar-refractivity contribution in [2.45, 2.75) is 22.6 Å². The van der Waals surface area contributed by atoms with Gasteiger partial charge >= 0.3 is 0 Å². The van der Waals surface area contributed by atoms with Gasteiger partial charge in [-0.15, -0.1) is 0 Å². The molecule has 0 saturated carbocycles. The van der Waals surface area contributed by atoms with Crippen molar-refractivity contribution in [3.05, 3.63) is 222 Å². The molecule has 1 aromatic heterocycles. The summed E-state index contributed by atoms with van der Waals surface area (Å²) in [6, 6.07) is 70.8. The number of rotatable bonds is 4. The van der Waals surface area contributed by atoms with Crippen LogP contribution in [0.25, 0.3) is 49.4 Å². The molecule has 0 amide bonds. The van der Waals surface area contributed by atoms with Crippen LogP contribution in [-0.2, 0) is 22.7 Å². The predicted octanol–water partition coefficient (Wildman–Crippen LogP) is 9.62. The third-order valence-corrected chi connectivity index (χ3v) is 20.0. The van der Waals surface area contributed by atoms with Crippen LogP contribution in [0.5, 0.6) is 0 Å². The molecule has 0 atom stereocenters. The van der Waals surface area contributed by atoms with Crippen LogP contribution < -0.4 is 20.7 Å². The number of hydrogen-bond donors (Lipinski definition) is 0. The maximum absolute atomic E-state index is 14.5. The summed E-state index contributed by atoms with van der Waals surface area (Å²) in [5.74, 6) is 0. The van der Waals surface area contributed by atoms with E-state index in [1.807, 2.05) is 36.4 Å². The summed E-state index contributed by atoms with van der Waals surface area (Å²) in [7, 11) is -6.82. The Bertz CT molecular complexity index is 3370. The second-order valence-corrected chi connectivity index (χ2v) is 21.7. The standard InChI is InChI=1S/C54H37NO2SSi/c56-58(57)51-21-11-12-22-53(51)59(45-13-3-1-4-14-45,46-15-5-2-6-16-46)54-35-39(26-28-52(54)58)36-23-24-37-30-42-33-43-34-44(27-25-38(43)31-41(42)32-40(37)29-36)55-49-19-9-7-17-47(49)48-18-8-10-20-50(48)55/h1-29,31,33-35H,30,32H2. The third-order valence-electron chi connectivity index (χ3n) is 12.9. The molecular formula is C54H37NO2SSi. The minimum Gasteiger partial charge on any atom is -0.309 e. The lowest BCUT2D eigenvalue weighted by atomic mass is 9.83. The monoisotopic (exact) mass is 791 g/mol. The SMILES string of the molecule is O=S1(=O)c2ccccc2[Si](c2ccccc2)(c2ccccc2)c2cc(-c3ccc4c(c3)Cc3cc5ccc(-n6c7ccccc7c7ccccc76)cc5cc3C4)ccc21. The van der Waals surface area contributed by atoms with Crippen molar-refractivity contribution >= 4 is 71.2 Å². The van der Waals surface area contributed by atoms with E-state index in [1.165, 1.54) is 70.9 Å². The highest BCUT2D eigenvalue weighted by Crippen LogP contribution is 2.37. The minimum atomic E-state index is -3.76. The highest BCUT2D eigenvalue weighted by Gasteiger charge is 2.50. The van der Waals surface area contributed by atoms with Gasteiger partial charge in [0.05, 0.1) is 20.8 Å². The number of aromatic nitrogens is 1. The zero-order valence-corrected chi connectivity index (χ0v) is 34.0. The maximum atomic E-state index is 14.5. The smallest absolute Gasteiger partial charge is 0.206 e. The first-order valence-corrected chi connectivity index (χ1v) is 23.7. The van der Waals surface area contributed by atoms with Crippen molar-refractivity contribution in [1.29, 1.82) is 0 Å². The van der Waals surface area contributed by atoms with Crippen molar-refractivity contribution < 1.29 is 8.42 Å². The van der Waals surface area contributed by atoms with Crippen LogP contribution in [0.2, 0.25) is 0 Å². The fraction of sp³-hybridized carbons (Fsp3) is 0.0370. The number of hydrogen-bond acceptors (Lipinski definition) is 2. The van der Waals surface area contributed by atoms with Crippen molar-refractivity contribution in [3.8, 4) is 16.8 Å². The van der Waals surface area contributed by atoms with Gasteiger partial charge in [-0.2, -0.15) is 0 Å². The van der Waals surface area contributed by atoms with E-state index in [2.05, 4.69) is 162 Å². The molecule has 5 heteroatoms. The molecule has 59 heavy (non-hydrogen) atoms. The van der Waals surface area contributed by atoms with Crippen LogP contribution in [0.1, 0.15) is 22.3 Å². The first-order chi connectivity index (χ1) is 29.0. The highest BCUT2D eigenvalue weighted by atomic mass is 32.2. The van der Waals surface area contributed by atoms with Gasteiger partial charge in [-0.25, -0.2) is 8.42 Å². The number of sulfone groups is 1. The molecule has 0 radical (unpaired) electrons. The molecule has 10 aromatic rings. The Kier molecular flexibility index (Phi) is 7.47. The highest BCUT2D eigenvalue weighted by molar-refractivity contribution is 7.92. The lowest BCUT2D eigenvalue weighted by Crippen LogP contribution is -2.77. The molecular weight excluding hydrogens is 755 g/mol. The van der Waals surface area contributed by atoms with Gasteiger partial charge in [0.25, 0.3) is 0 Å². The largest absolute Gasteiger partial charge is 0.309 e. The molecule has 0 bridgehead atoms. The molecule has 0 N–H and O–H groups in total.